The van der Waals surface area contributed by atoms with Crippen molar-refractivity contribution in [2.45, 2.75) is 51.0 Å². The lowest BCUT2D eigenvalue weighted by atomic mass is 9.78. The number of hydrogen-bond acceptors (Lipinski definition) is 4. The number of nitrogens with one attached hydrogen (secondary N) is 2. The molecule has 152 valence electrons. The summed E-state index contributed by atoms with van der Waals surface area (Å²) in [6.07, 6.45) is 3.25. The highest BCUT2D eigenvalue weighted by molar-refractivity contribution is 7.89. The first kappa shape index (κ1) is 21.5. The molecule has 2 amide bonds. The van der Waals surface area contributed by atoms with Gasteiger partial charge in [0.25, 0.3) is 0 Å². The van der Waals surface area contributed by atoms with Crippen LogP contribution in [0.15, 0.2) is 23.1 Å². The zero-order valence-corrected chi connectivity index (χ0v) is 17.6. The maximum atomic E-state index is 12.6. The van der Waals surface area contributed by atoms with Gasteiger partial charge in [-0.2, -0.15) is 0 Å². The molecule has 0 radical (unpaired) electrons. The monoisotopic (exact) mass is 397 g/mol. The fourth-order valence-electron chi connectivity index (χ4n) is 3.38. The molecule has 2 rings (SSSR count). The predicted octanol–water partition coefficient (Wildman–Crippen LogP) is 3.28. The molecule has 1 saturated carbocycles. The summed E-state index contributed by atoms with van der Waals surface area (Å²) in [5.41, 5.74) is 0.410. The van der Waals surface area contributed by atoms with Gasteiger partial charge >= 0.3 is 6.03 Å². The van der Waals surface area contributed by atoms with E-state index < -0.39 is 10.0 Å². The molecule has 1 aromatic rings. The average Bonchev–Trinajstić information content (AvgIpc) is 2.60. The van der Waals surface area contributed by atoms with Gasteiger partial charge in [-0.05, 0) is 43.4 Å². The van der Waals surface area contributed by atoms with Crippen molar-refractivity contribution in [3.63, 3.8) is 0 Å². The molecule has 3 atom stereocenters. The quantitative estimate of drug-likeness (QED) is 0.771. The fourth-order valence-corrected chi connectivity index (χ4v) is 4.43. The van der Waals surface area contributed by atoms with Crippen LogP contribution in [-0.4, -0.2) is 45.5 Å². The fraction of sp³-hybridized carbons (Fsp3) is 0.632. The van der Waals surface area contributed by atoms with Crippen LogP contribution in [0.3, 0.4) is 0 Å². The van der Waals surface area contributed by atoms with Crippen molar-refractivity contribution >= 4 is 21.7 Å². The van der Waals surface area contributed by atoms with E-state index in [1.807, 2.05) is 0 Å². The highest BCUT2D eigenvalue weighted by Crippen LogP contribution is 2.31. The van der Waals surface area contributed by atoms with Crippen LogP contribution in [0.1, 0.15) is 40.0 Å². The lowest BCUT2D eigenvalue weighted by Crippen LogP contribution is -2.45. The van der Waals surface area contributed by atoms with Crippen molar-refractivity contribution in [1.29, 1.82) is 0 Å². The van der Waals surface area contributed by atoms with Gasteiger partial charge in [-0.3, -0.25) is 0 Å². The Balaban J connectivity index is 2.17. The van der Waals surface area contributed by atoms with E-state index in [0.717, 1.165) is 17.1 Å². The number of amides is 2. The second-order valence-corrected chi connectivity index (χ2v) is 9.47. The number of urea groups is 1. The van der Waals surface area contributed by atoms with Gasteiger partial charge in [-0.15, -0.1) is 0 Å². The van der Waals surface area contributed by atoms with Crippen LogP contribution < -0.4 is 15.4 Å². The Bertz CT molecular complexity index is 764. The van der Waals surface area contributed by atoms with E-state index >= 15 is 0 Å². The van der Waals surface area contributed by atoms with Gasteiger partial charge < -0.3 is 15.4 Å². The smallest absolute Gasteiger partial charge is 0.319 e. The number of anilines is 1. The minimum Gasteiger partial charge on any atom is -0.492 e. The van der Waals surface area contributed by atoms with E-state index in [9.17, 15) is 13.2 Å². The Morgan fingerprint density at radius 2 is 1.96 bits per heavy atom. The summed E-state index contributed by atoms with van der Waals surface area (Å²) in [4.78, 5) is 12.5. The summed E-state index contributed by atoms with van der Waals surface area (Å²) < 4.78 is 31.7. The summed E-state index contributed by atoms with van der Waals surface area (Å²) in [6, 6.07) is 4.46. The third-order valence-electron chi connectivity index (χ3n) is 5.28. The van der Waals surface area contributed by atoms with Gasteiger partial charge in [0.1, 0.15) is 10.6 Å². The van der Waals surface area contributed by atoms with Crippen LogP contribution >= 0.6 is 0 Å². The standard InChI is InChI=1S/C19H31N3O4S/c1-6-26-17-11-10-15(12-18(17)27(24,25)22(4)5)20-19(23)21-16-9-7-8-13(2)14(16)3/h10-14,16H,6-9H2,1-5H3,(H2,20,21,23)/t13-,14-,16+/m0/s1. The van der Waals surface area contributed by atoms with Crippen molar-refractivity contribution < 1.29 is 17.9 Å². The number of ether oxygens (including phenoxy) is 1. The summed E-state index contributed by atoms with van der Waals surface area (Å²) in [7, 11) is -0.771. The van der Waals surface area contributed by atoms with Crippen LogP contribution in [0.4, 0.5) is 10.5 Å². The first-order valence-electron chi connectivity index (χ1n) is 9.43. The molecule has 2 N–H and O–H groups in total. The summed E-state index contributed by atoms with van der Waals surface area (Å²) in [5.74, 6) is 1.26. The summed E-state index contributed by atoms with van der Waals surface area (Å²) >= 11 is 0. The molecule has 1 aliphatic carbocycles. The van der Waals surface area contributed by atoms with Crippen LogP contribution in [0, 0.1) is 11.8 Å². The zero-order chi connectivity index (χ0) is 20.2. The van der Waals surface area contributed by atoms with Crippen molar-refractivity contribution in [1.82, 2.24) is 9.62 Å². The van der Waals surface area contributed by atoms with Gasteiger partial charge in [-0.1, -0.05) is 26.7 Å². The van der Waals surface area contributed by atoms with Crippen molar-refractivity contribution in [2.75, 3.05) is 26.0 Å². The third kappa shape index (κ3) is 5.13. The predicted molar refractivity (Wildman–Crippen MR) is 107 cm³/mol. The van der Waals surface area contributed by atoms with E-state index in [1.165, 1.54) is 26.6 Å². The molecule has 1 aromatic carbocycles. The first-order valence-corrected chi connectivity index (χ1v) is 10.9. The maximum Gasteiger partial charge on any atom is 0.319 e. The molecule has 0 bridgehead atoms. The number of hydrogen-bond donors (Lipinski definition) is 2. The van der Waals surface area contributed by atoms with E-state index in [1.54, 1.807) is 19.1 Å². The second kappa shape index (κ2) is 8.93. The van der Waals surface area contributed by atoms with E-state index in [0.29, 0.717) is 24.1 Å². The summed E-state index contributed by atoms with van der Waals surface area (Å²) in [6.45, 7) is 6.51. The van der Waals surface area contributed by atoms with Gasteiger partial charge in [0.05, 0.1) is 6.61 Å². The van der Waals surface area contributed by atoms with Gasteiger partial charge in [-0.25, -0.2) is 17.5 Å². The molecule has 1 aliphatic rings. The maximum absolute atomic E-state index is 12.6. The normalized spacial score (nSPS) is 23.1. The van der Waals surface area contributed by atoms with E-state index in [4.69, 9.17) is 4.74 Å². The molecule has 0 saturated heterocycles. The molecule has 0 aromatic heterocycles. The molecule has 0 aliphatic heterocycles. The molecule has 0 unspecified atom stereocenters. The lowest BCUT2D eigenvalue weighted by molar-refractivity contribution is 0.201. The second-order valence-electron chi connectivity index (χ2n) is 7.35. The van der Waals surface area contributed by atoms with Crippen LogP contribution in [0.2, 0.25) is 0 Å². The van der Waals surface area contributed by atoms with Gasteiger partial charge in [0.15, 0.2) is 0 Å². The molecular formula is C19H31N3O4S. The van der Waals surface area contributed by atoms with Crippen LogP contribution in [0.25, 0.3) is 0 Å². The SMILES string of the molecule is CCOc1ccc(NC(=O)N[C@@H]2CCC[C@H](C)[C@@H]2C)cc1S(=O)(=O)N(C)C. The van der Waals surface area contributed by atoms with Crippen molar-refractivity contribution in [2.24, 2.45) is 11.8 Å². The Morgan fingerprint density at radius 3 is 2.59 bits per heavy atom. The first-order chi connectivity index (χ1) is 12.7. The minimum atomic E-state index is -3.69. The Hall–Kier alpha value is -1.80. The lowest BCUT2D eigenvalue weighted by Gasteiger charge is -2.34. The van der Waals surface area contributed by atoms with Crippen LogP contribution in [0.5, 0.6) is 5.75 Å². The number of sulfonamides is 1. The molecule has 1 fully saturated rings. The van der Waals surface area contributed by atoms with E-state index in [-0.39, 0.29) is 22.7 Å². The largest absolute Gasteiger partial charge is 0.492 e. The Morgan fingerprint density at radius 1 is 1.26 bits per heavy atom. The Kier molecular flexibility index (Phi) is 7.11. The van der Waals surface area contributed by atoms with Gasteiger partial charge in [0, 0.05) is 25.8 Å². The molecule has 0 spiro atoms. The summed E-state index contributed by atoms with van der Waals surface area (Å²) in [5, 5.41) is 5.78. The Labute approximate surface area is 162 Å². The minimum absolute atomic E-state index is 0.0341. The highest BCUT2D eigenvalue weighted by atomic mass is 32.2. The van der Waals surface area contributed by atoms with Crippen molar-refractivity contribution in [3.8, 4) is 5.75 Å². The number of nitrogens with zero attached hydrogens (tertiary/aromatic N) is 1. The molecule has 0 heterocycles. The number of carbonyl (C=O) groups is 1. The van der Waals surface area contributed by atoms with E-state index in [2.05, 4.69) is 24.5 Å². The molecule has 27 heavy (non-hydrogen) atoms. The third-order valence-corrected chi connectivity index (χ3v) is 7.12. The van der Waals surface area contributed by atoms with Gasteiger partial charge in [0.2, 0.25) is 10.0 Å². The number of benzene rings is 1. The van der Waals surface area contributed by atoms with Crippen LogP contribution in [-0.2, 0) is 10.0 Å². The number of carbonyl (C=O) groups excluding carboxylic acids is 1. The zero-order valence-electron chi connectivity index (χ0n) is 16.8. The number of rotatable bonds is 6. The topological polar surface area (TPSA) is 87.7 Å². The molecular weight excluding hydrogens is 366 g/mol. The average molecular weight is 398 g/mol. The molecule has 8 heteroatoms. The molecule has 7 nitrogen and oxygen atoms in total. The highest BCUT2D eigenvalue weighted by Gasteiger charge is 2.28. The van der Waals surface area contributed by atoms with Crippen molar-refractivity contribution in [3.05, 3.63) is 18.2 Å².